The van der Waals surface area contributed by atoms with Crippen molar-refractivity contribution in [2.75, 3.05) is 13.7 Å². The Labute approximate surface area is 272 Å². The minimum absolute atomic E-state index is 0.210. The molecule has 0 fully saturated rings. The first-order valence-corrected chi connectivity index (χ1v) is 16.5. The first-order valence-electron chi connectivity index (χ1n) is 16.5. The van der Waals surface area contributed by atoms with Crippen LogP contribution >= 0.6 is 0 Å². The predicted molar refractivity (Wildman–Crippen MR) is 179 cm³/mol. The van der Waals surface area contributed by atoms with E-state index in [1.807, 2.05) is 24.3 Å². The van der Waals surface area contributed by atoms with Crippen molar-refractivity contribution in [3.63, 3.8) is 0 Å². The van der Waals surface area contributed by atoms with Crippen LogP contribution in [-0.2, 0) is 29.4 Å². The molecule has 0 spiro atoms. The number of methoxy groups -OCH3 is 1. The Morgan fingerprint density at radius 2 is 1.09 bits per heavy atom. The third kappa shape index (κ3) is 8.84. The van der Waals surface area contributed by atoms with Crippen molar-refractivity contribution in [1.82, 2.24) is 0 Å². The highest BCUT2D eigenvalue weighted by Crippen LogP contribution is 2.51. The number of oxime groups is 2. The highest BCUT2D eigenvalue weighted by molar-refractivity contribution is 6.46. The number of unbranched alkanes of at least 4 members (excludes halogenated alkanes) is 6. The second-order valence-electron chi connectivity index (χ2n) is 11.9. The van der Waals surface area contributed by atoms with Gasteiger partial charge in [-0.25, -0.2) is 9.59 Å². The number of nitrogens with zero attached hydrogens (tertiary/aromatic N) is 2. The Morgan fingerprint density at radius 3 is 1.43 bits per heavy atom. The van der Waals surface area contributed by atoms with E-state index in [1.165, 1.54) is 13.8 Å². The second-order valence-corrected chi connectivity index (χ2v) is 11.9. The fraction of sp³-hybridized carbons (Fsp3) is 0.514. The van der Waals surface area contributed by atoms with Crippen molar-refractivity contribution in [2.45, 2.75) is 111 Å². The third-order valence-electron chi connectivity index (χ3n) is 8.51. The lowest BCUT2D eigenvalue weighted by atomic mass is 9.75. The van der Waals surface area contributed by atoms with E-state index in [0.717, 1.165) is 73.6 Å². The molecule has 3 rings (SSSR count). The maximum atomic E-state index is 13.8. The number of carbonyl (C=O) groups excluding carboxylic acids is 4. The number of rotatable bonds is 19. The van der Waals surface area contributed by atoms with E-state index in [2.05, 4.69) is 31.1 Å². The summed E-state index contributed by atoms with van der Waals surface area (Å²) in [4.78, 5) is 60.4. The molecule has 0 amide bonds. The van der Waals surface area contributed by atoms with E-state index >= 15 is 0 Å². The molecule has 248 valence electrons. The summed E-state index contributed by atoms with van der Waals surface area (Å²) in [5, 5.41) is 7.88. The van der Waals surface area contributed by atoms with Crippen LogP contribution in [-0.4, -0.2) is 48.6 Å². The molecule has 1 aliphatic carbocycles. The van der Waals surface area contributed by atoms with Gasteiger partial charge in [0.2, 0.25) is 11.6 Å². The minimum Gasteiger partial charge on any atom is -0.383 e. The number of benzene rings is 2. The number of fused-ring (bicyclic) bond motifs is 3. The Morgan fingerprint density at radius 1 is 0.652 bits per heavy atom. The summed E-state index contributed by atoms with van der Waals surface area (Å²) in [6.45, 7) is 9.13. The fourth-order valence-electron chi connectivity index (χ4n) is 6.07. The summed E-state index contributed by atoms with van der Waals surface area (Å²) < 4.78 is 5.78. The number of hydrogen-bond donors (Lipinski definition) is 0. The van der Waals surface area contributed by atoms with Crippen LogP contribution in [0.5, 0.6) is 0 Å². The maximum Gasteiger partial charge on any atom is 0.331 e. The summed E-state index contributed by atoms with van der Waals surface area (Å²) in [5.74, 6) is -1.74. The van der Waals surface area contributed by atoms with Crippen molar-refractivity contribution in [2.24, 2.45) is 10.3 Å². The third-order valence-corrected chi connectivity index (χ3v) is 8.51. The van der Waals surface area contributed by atoms with Crippen LogP contribution in [0.15, 0.2) is 46.7 Å². The van der Waals surface area contributed by atoms with Gasteiger partial charge in [-0.05, 0) is 66.5 Å². The highest BCUT2D eigenvalue weighted by atomic mass is 16.7. The molecule has 9 nitrogen and oxygen atoms in total. The highest BCUT2D eigenvalue weighted by Gasteiger charge is 2.43. The standard InChI is InChI=1S/C37H48N2O7/c1-7-10-12-14-16-33(38-45-25(4)40)35(42)27-18-20-29-30-21-19-28(23-32(30)37(9-3,24-44-6)31(29)22-27)36(43)34(39-46-26(5)41)17-15-13-11-8-2/h18-23H,7-17,24H2,1-6H3/b38-33+,39-34+. The second kappa shape index (κ2) is 17.6. The number of Topliss-reactive ketones (excluding diaryl/α,β-unsaturated/α-hetero) is 2. The molecule has 0 radical (unpaired) electrons. The Bertz CT molecular complexity index is 1370. The topological polar surface area (TPSA) is 121 Å². The zero-order valence-electron chi connectivity index (χ0n) is 28.2. The molecule has 46 heavy (non-hydrogen) atoms. The Hall–Kier alpha value is -3.98. The van der Waals surface area contributed by atoms with Crippen molar-refractivity contribution >= 4 is 34.9 Å². The van der Waals surface area contributed by atoms with Gasteiger partial charge in [0.25, 0.3) is 0 Å². The number of carbonyl (C=O) groups is 4. The Kier molecular flexibility index (Phi) is 14.0. The molecule has 0 saturated heterocycles. The maximum absolute atomic E-state index is 13.8. The monoisotopic (exact) mass is 632 g/mol. The van der Waals surface area contributed by atoms with Crippen molar-refractivity contribution in [3.05, 3.63) is 58.7 Å². The zero-order valence-corrected chi connectivity index (χ0v) is 28.2. The van der Waals surface area contributed by atoms with Crippen LogP contribution in [0.3, 0.4) is 0 Å². The molecular weight excluding hydrogens is 584 g/mol. The fourth-order valence-corrected chi connectivity index (χ4v) is 6.07. The first-order chi connectivity index (χ1) is 22.1. The van der Waals surface area contributed by atoms with Gasteiger partial charge in [0, 0.05) is 37.5 Å². The molecule has 9 heteroatoms. The zero-order chi connectivity index (χ0) is 33.7. The summed E-state index contributed by atoms with van der Waals surface area (Å²) >= 11 is 0. The molecule has 0 bridgehead atoms. The molecular formula is C37H48N2O7. The van der Waals surface area contributed by atoms with Gasteiger partial charge in [0.15, 0.2) is 0 Å². The SMILES string of the molecule is CCCCCC/C(=N\OC(C)=O)C(=O)c1ccc2c(c1)C(CC)(COC)c1cc(C(=O)/C(CCCCCC)=N/OC(C)=O)ccc1-2. The smallest absolute Gasteiger partial charge is 0.331 e. The number of ketones is 2. The van der Waals surface area contributed by atoms with Gasteiger partial charge in [0.1, 0.15) is 11.4 Å². The average Bonchev–Trinajstić information content (AvgIpc) is 3.31. The molecule has 2 aromatic rings. The van der Waals surface area contributed by atoms with Gasteiger partial charge >= 0.3 is 11.9 Å². The molecule has 2 aromatic carbocycles. The van der Waals surface area contributed by atoms with Crippen LogP contribution in [0, 0.1) is 0 Å². The van der Waals surface area contributed by atoms with E-state index in [0.29, 0.717) is 37.0 Å². The molecule has 0 aromatic heterocycles. The van der Waals surface area contributed by atoms with E-state index in [1.54, 1.807) is 19.2 Å². The number of hydrogen-bond acceptors (Lipinski definition) is 9. The van der Waals surface area contributed by atoms with E-state index in [-0.39, 0.29) is 23.0 Å². The van der Waals surface area contributed by atoms with Crippen molar-refractivity contribution in [3.8, 4) is 11.1 Å². The molecule has 0 heterocycles. The minimum atomic E-state index is -0.630. The van der Waals surface area contributed by atoms with Crippen LogP contribution in [0.4, 0.5) is 0 Å². The molecule has 1 aliphatic rings. The van der Waals surface area contributed by atoms with Crippen molar-refractivity contribution in [1.29, 1.82) is 0 Å². The Balaban J connectivity index is 2.04. The van der Waals surface area contributed by atoms with Gasteiger partial charge in [-0.15, -0.1) is 0 Å². The molecule has 0 atom stereocenters. The van der Waals surface area contributed by atoms with Gasteiger partial charge in [-0.1, -0.05) is 93.9 Å². The van der Waals surface area contributed by atoms with Crippen LogP contribution in [0.2, 0.25) is 0 Å². The lowest BCUT2D eigenvalue weighted by molar-refractivity contribution is -0.141. The summed E-state index contributed by atoms with van der Waals surface area (Å²) in [6, 6.07) is 11.2. The molecule has 0 unspecified atom stereocenters. The van der Waals surface area contributed by atoms with E-state index in [4.69, 9.17) is 14.4 Å². The largest absolute Gasteiger partial charge is 0.383 e. The van der Waals surface area contributed by atoms with Crippen LogP contribution in [0.1, 0.15) is 137 Å². The van der Waals surface area contributed by atoms with E-state index in [9.17, 15) is 19.2 Å². The lowest BCUT2D eigenvalue weighted by Crippen LogP contribution is -2.31. The summed E-state index contributed by atoms with van der Waals surface area (Å²) in [5.41, 5.74) is 4.45. The van der Waals surface area contributed by atoms with Crippen molar-refractivity contribution < 1.29 is 33.6 Å². The van der Waals surface area contributed by atoms with Crippen LogP contribution < -0.4 is 0 Å². The van der Waals surface area contributed by atoms with Gasteiger partial charge < -0.3 is 14.4 Å². The molecule has 0 aliphatic heterocycles. The molecule has 0 N–H and O–H groups in total. The molecule has 0 saturated carbocycles. The van der Waals surface area contributed by atoms with E-state index < -0.39 is 17.4 Å². The summed E-state index contributed by atoms with van der Waals surface area (Å²) in [7, 11) is 1.64. The van der Waals surface area contributed by atoms with Gasteiger partial charge in [0.05, 0.1) is 6.61 Å². The van der Waals surface area contributed by atoms with Crippen LogP contribution in [0.25, 0.3) is 11.1 Å². The quantitative estimate of drug-likeness (QED) is 0.0504. The first kappa shape index (κ1) is 36.5. The lowest BCUT2D eigenvalue weighted by Gasteiger charge is -2.30. The normalized spacial score (nSPS) is 15.7. The number of ether oxygens (including phenoxy) is 1. The average molecular weight is 633 g/mol. The van der Waals surface area contributed by atoms with Gasteiger partial charge in [-0.3, -0.25) is 9.59 Å². The summed E-state index contributed by atoms with van der Waals surface area (Å²) in [6.07, 6.45) is 9.07. The van der Waals surface area contributed by atoms with Gasteiger partial charge in [-0.2, -0.15) is 0 Å². The predicted octanol–water partition coefficient (Wildman–Crippen LogP) is 8.15.